The molecule has 3 aromatic heterocycles. The van der Waals surface area contributed by atoms with Gasteiger partial charge in [-0.05, 0) is 42.8 Å². The number of carbonyl (C=O) groups is 1. The largest absolute Gasteiger partial charge is 0.322 e. The summed E-state index contributed by atoms with van der Waals surface area (Å²) in [4.78, 5) is 34.5. The number of carbonyl (C=O) groups excluding carboxylic acids is 1. The molecule has 0 saturated carbocycles. The predicted octanol–water partition coefficient (Wildman–Crippen LogP) is 3.62. The Hall–Kier alpha value is -3.32. The molecule has 0 saturated heterocycles. The minimum Gasteiger partial charge on any atom is -0.322 e. The fourth-order valence-electron chi connectivity index (χ4n) is 2.74. The molecule has 6 nitrogen and oxygen atoms in total. The number of nitrogens with one attached hydrogen (secondary N) is 1. The van der Waals surface area contributed by atoms with E-state index in [4.69, 9.17) is 0 Å². The van der Waals surface area contributed by atoms with Crippen LogP contribution in [0.4, 0.5) is 5.69 Å². The van der Waals surface area contributed by atoms with E-state index in [1.807, 2.05) is 37.3 Å². The third kappa shape index (κ3) is 3.24. The highest BCUT2D eigenvalue weighted by Crippen LogP contribution is 2.31. The summed E-state index contributed by atoms with van der Waals surface area (Å²) in [6, 6.07) is 12.7. The zero-order valence-corrected chi connectivity index (χ0v) is 15.6. The van der Waals surface area contributed by atoms with Gasteiger partial charge in [-0.1, -0.05) is 23.5 Å². The van der Waals surface area contributed by atoms with Gasteiger partial charge in [0.15, 0.2) is 0 Å². The lowest BCUT2D eigenvalue weighted by atomic mass is 10.1. The molecule has 0 bridgehead atoms. The van der Waals surface area contributed by atoms with E-state index in [0.717, 1.165) is 26.5 Å². The Labute approximate surface area is 159 Å². The van der Waals surface area contributed by atoms with Crippen LogP contribution in [0.5, 0.6) is 0 Å². The molecule has 1 aromatic carbocycles. The first kappa shape index (κ1) is 17.1. The van der Waals surface area contributed by atoms with Gasteiger partial charge in [-0.3, -0.25) is 9.59 Å². The number of hydrogen-bond acceptors (Lipinski definition) is 5. The van der Waals surface area contributed by atoms with Gasteiger partial charge in [0.1, 0.15) is 20.9 Å². The van der Waals surface area contributed by atoms with Gasteiger partial charge < -0.3 is 9.88 Å². The number of aromatic nitrogens is 3. The number of benzene rings is 1. The van der Waals surface area contributed by atoms with Crippen LogP contribution in [0.2, 0.25) is 0 Å². The first-order valence-corrected chi connectivity index (χ1v) is 9.14. The molecular formula is C20H16N4O2S. The summed E-state index contributed by atoms with van der Waals surface area (Å²) in [6.45, 7) is 1.91. The number of amides is 1. The SMILES string of the molecule is Cc1ccc(-c2nc3cccnc3s2)cc1NC(=O)c1cccn(C)c1=O. The fourth-order valence-corrected chi connectivity index (χ4v) is 3.65. The number of fused-ring (bicyclic) bond motifs is 1. The quantitative estimate of drug-likeness (QED) is 0.592. The maximum absolute atomic E-state index is 12.6. The molecule has 1 N–H and O–H groups in total. The lowest BCUT2D eigenvalue weighted by Crippen LogP contribution is -2.27. The zero-order chi connectivity index (χ0) is 19.0. The zero-order valence-electron chi connectivity index (χ0n) is 14.8. The first-order chi connectivity index (χ1) is 13.0. The molecule has 4 aromatic rings. The van der Waals surface area contributed by atoms with Crippen molar-refractivity contribution >= 4 is 33.3 Å². The van der Waals surface area contributed by atoms with E-state index in [1.165, 1.54) is 22.0 Å². The Morgan fingerprint density at radius 1 is 1.19 bits per heavy atom. The van der Waals surface area contributed by atoms with Crippen LogP contribution in [0, 0.1) is 6.92 Å². The smallest absolute Gasteiger partial charge is 0.263 e. The van der Waals surface area contributed by atoms with Crippen molar-refractivity contribution in [3.8, 4) is 10.6 Å². The number of nitrogens with zero attached hydrogens (tertiary/aromatic N) is 3. The Bertz CT molecular complexity index is 1190. The summed E-state index contributed by atoms with van der Waals surface area (Å²) >= 11 is 1.50. The molecule has 4 rings (SSSR count). The van der Waals surface area contributed by atoms with E-state index in [-0.39, 0.29) is 11.1 Å². The second-order valence-electron chi connectivity index (χ2n) is 6.17. The van der Waals surface area contributed by atoms with Crippen LogP contribution < -0.4 is 10.9 Å². The molecule has 0 radical (unpaired) electrons. The molecule has 7 heteroatoms. The van der Waals surface area contributed by atoms with Crippen molar-refractivity contribution in [2.75, 3.05) is 5.32 Å². The first-order valence-electron chi connectivity index (χ1n) is 8.32. The van der Waals surface area contributed by atoms with Crippen LogP contribution in [0.3, 0.4) is 0 Å². The van der Waals surface area contributed by atoms with E-state index in [0.29, 0.717) is 5.69 Å². The van der Waals surface area contributed by atoms with Crippen LogP contribution in [0.25, 0.3) is 20.9 Å². The van der Waals surface area contributed by atoms with Crippen molar-refractivity contribution in [2.24, 2.45) is 7.05 Å². The van der Waals surface area contributed by atoms with Gasteiger partial charge in [0.25, 0.3) is 11.5 Å². The standard InChI is InChI=1S/C20H16N4O2S/c1-12-7-8-13(18-23-15-6-3-9-21-19(15)27-18)11-16(12)22-17(25)14-5-4-10-24(2)20(14)26/h3-11H,1-2H3,(H,22,25). The number of thiazole rings is 1. The summed E-state index contributed by atoms with van der Waals surface area (Å²) in [5.74, 6) is -0.428. The van der Waals surface area contributed by atoms with Gasteiger partial charge in [-0.2, -0.15) is 0 Å². The number of rotatable bonds is 3. The summed E-state index contributed by atoms with van der Waals surface area (Å²) in [7, 11) is 1.62. The maximum atomic E-state index is 12.6. The van der Waals surface area contributed by atoms with Crippen LogP contribution in [-0.2, 0) is 7.05 Å². The molecule has 0 aliphatic rings. The summed E-state index contributed by atoms with van der Waals surface area (Å²) in [5.41, 5.74) is 3.06. The van der Waals surface area contributed by atoms with Crippen LogP contribution >= 0.6 is 11.3 Å². The number of hydrogen-bond donors (Lipinski definition) is 1. The molecule has 0 fully saturated rings. The van der Waals surface area contributed by atoms with E-state index in [2.05, 4.69) is 15.3 Å². The van der Waals surface area contributed by atoms with Crippen molar-refractivity contribution in [1.29, 1.82) is 0 Å². The molecule has 134 valence electrons. The number of aryl methyl sites for hydroxylation is 2. The van der Waals surface area contributed by atoms with Crippen LogP contribution in [-0.4, -0.2) is 20.4 Å². The molecule has 1 amide bonds. The molecule has 0 aliphatic heterocycles. The minimum atomic E-state index is -0.428. The van der Waals surface area contributed by atoms with E-state index in [9.17, 15) is 9.59 Å². The highest BCUT2D eigenvalue weighted by Gasteiger charge is 2.14. The lowest BCUT2D eigenvalue weighted by molar-refractivity contribution is 0.102. The average Bonchev–Trinajstić information content (AvgIpc) is 3.10. The number of anilines is 1. The Morgan fingerprint density at radius 2 is 2.04 bits per heavy atom. The molecule has 0 unspecified atom stereocenters. The van der Waals surface area contributed by atoms with Crippen molar-refractivity contribution < 1.29 is 4.79 Å². The van der Waals surface area contributed by atoms with Gasteiger partial charge >= 0.3 is 0 Å². The summed E-state index contributed by atoms with van der Waals surface area (Å²) in [5, 5.41) is 3.68. The Morgan fingerprint density at radius 3 is 2.85 bits per heavy atom. The molecule has 3 heterocycles. The Kier molecular flexibility index (Phi) is 4.29. The van der Waals surface area contributed by atoms with Crippen molar-refractivity contribution in [3.05, 3.63) is 76.3 Å². The fraction of sp³-hybridized carbons (Fsp3) is 0.100. The third-order valence-electron chi connectivity index (χ3n) is 4.27. The van der Waals surface area contributed by atoms with E-state index in [1.54, 1.807) is 25.5 Å². The van der Waals surface area contributed by atoms with Gasteiger partial charge in [-0.15, -0.1) is 0 Å². The monoisotopic (exact) mass is 376 g/mol. The van der Waals surface area contributed by atoms with Crippen molar-refractivity contribution in [1.82, 2.24) is 14.5 Å². The van der Waals surface area contributed by atoms with E-state index >= 15 is 0 Å². The topological polar surface area (TPSA) is 76.9 Å². The van der Waals surface area contributed by atoms with Gasteiger partial charge in [-0.25, -0.2) is 9.97 Å². The Balaban J connectivity index is 1.69. The maximum Gasteiger partial charge on any atom is 0.263 e. The second kappa shape index (κ2) is 6.77. The van der Waals surface area contributed by atoms with Gasteiger partial charge in [0.2, 0.25) is 0 Å². The second-order valence-corrected chi connectivity index (χ2v) is 7.15. The lowest BCUT2D eigenvalue weighted by Gasteiger charge is -2.10. The van der Waals surface area contributed by atoms with Gasteiger partial charge in [0, 0.05) is 30.7 Å². The third-order valence-corrected chi connectivity index (χ3v) is 5.30. The van der Waals surface area contributed by atoms with Crippen LogP contribution in [0.15, 0.2) is 59.7 Å². The normalized spacial score (nSPS) is 10.9. The summed E-state index contributed by atoms with van der Waals surface area (Å²) in [6.07, 6.45) is 3.36. The summed E-state index contributed by atoms with van der Waals surface area (Å²) < 4.78 is 1.38. The molecule has 0 aliphatic carbocycles. The highest BCUT2D eigenvalue weighted by atomic mass is 32.1. The average molecular weight is 376 g/mol. The highest BCUT2D eigenvalue weighted by molar-refractivity contribution is 7.21. The van der Waals surface area contributed by atoms with Gasteiger partial charge in [0.05, 0.1) is 0 Å². The predicted molar refractivity (Wildman–Crippen MR) is 107 cm³/mol. The molecule has 0 atom stereocenters. The minimum absolute atomic E-state index is 0.106. The van der Waals surface area contributed by atoms with Crippen LogP contribution in [0.1, 0.15) is 15.9 Å². The molecule has 27 heavy (non-hydrogen) atoms. The number of pyridine rings is 2. The van der Waals surface area contributed by atoms with E-state index < -0.39 is 5.91 Å². The molecular weight excluding hydrogens is 360 g/mol. The molecule has 0 spiro atoms. The van der Waals surface area contributed by atoms with Crippen molar-refractivity contribution in [2.45, 2.75) is 6.92 Å². The van der Waals surface area contributed by atoms with Crippen molar-refractivity contribution in [3.63, 3.8) is 0 Å².